The van der Waals surface area contributed by atoms with Crippen LogP contribution >= 0.6 is 12.4 Å². The average Bonchev–Trinajstić information content (AvgIpc) is 3.17. The Bertz CT molecular complexity index is 398. The van der Waals surface area contributed by atoms with Crippen LogP contribution in [0.15, 0.2) is 0 Å². The van der Waals surface area contributed by atoms with E-state index in [2.05, 4.69) is 0 Å². The molecule has 0 aromatic heterocycles. The van der Waals surface area contributed by atoms with E-state index in [-0.39, 0.29) is 30.1 Å². The molecule has 2 aliphatic heterocycles. The number of rotatable bonds is 3. The summed E-state index contributed by atoms with van der Waals surface area (Å²) in [4.78, 5) is 28.6. The molecule has 1 saturated carbocycles. The summed E-state index contributed by atoms with van der Waals surface area (Å²) in [6.45, 7) is 2.89. The second-order valence-electron chi connectivity index (χ2n) is 6.56. The minimum absolute atomic E-state index is 0. The fourth-order valence-electron chi connectivity index (χ4n) is 3.95. The third-order valence-corrected chi connectivity index (χ3v) is 5.20. The lowest BCUT2D eigenvalue weighted by molar-refractivity contribution is -0.135. The van der Waals surface area contributed by atoms with Crippen LogP contribution in [0.25, 0.3) is 0 Å². The van der Waals surface area contributed by atoms with E-state index in [1.807, 2.05) is 9.80 Å². The van der Waals surface area contributed by atoms with Gasteiger partial charge in [0.25, 0.3) is 0 Å². The highest BCUT2D eigenvalue weighted by atomic mass is 35.5. The van der Waals surface area contributed by atoms with Gasteiger partial charge in [-0.15, -0.1) is 12.4 Å². The molecular weight excluding hydrogens is 290 g/mol. The van der Waals surface area contributed by atoms with Gasteiger partial charge in [-0.3, -0.25) is 9.59 Å². The topological polar surface area (TPSA) is 66.6 Å². The van der Waals surface area contributed by atoms with Gasteiger partial charge in [0.05, 0.1) is 5.92 Å². The summed E-state index contributed by atoms with van der Waals surface area (Å²) in [6.07, 6.45) is 6.10. The van der Waals surface area contributed by atoms with Crippen molar-refractivity contribution < 1.29 is 9.59 Å². The summed E-state index contributed by atoms with van der Waals surface area (Å²) in [5.41, 5.74) is 5.68. The van der Waals surface area contributed by atoms with Gasteiger partial charge < -0.3 is 15.5 Å². The summed E-state index contributed by atoms with van der Waals surface area (Å²) in [7, 11) is 0. The van der Waals surface area contributed by atoms with E-state index >= 15 is 0 Å². The van der Waals surface area contributed by atoms with E-state index in [9.17, 15) is 9.59 Å². The number of carbonyl (C=O) groups is 2. The van der Waals surface area contributed by atoms with Crippen molar-refractivity contribution in [3.63, 3.8) is 0 Å². The summed E-state index contributed by atoms with van der Waals surface area (Å²) in [6, 6.07) is 0.399. The first-order valence-electron chi connectivity index (χ1n) is 7.97. The van der Waals surface area contributed by atoms with Crippen LogP contribution in [0.1, 0.15) is 38.5 Å². The fourth-order valence-corrected chi connectivity index (χ4v) is 3.95. The molecule has 2 unspecified atom stereocenters. The number of amides is 2. The summed E-state index contributed by atoms with van der Waals surface area (Å²) in [5.74, 6) is 0.696. The molecular formula is C15H26ClN3O2. The van der Waals surface area contributed by atoms with Crippen molar-refractivity contribution >= 4 is 24.2 Å². The zero-order valence-electron chi connectivity index (χ0n) is 12.5. The van der Waals surface area contributed by atoms with Gasteiger partial charge in [0.15, 0.2) is 0 Å². The molecule has 5 nitrogen and oxygen atoms in total. The second-order valence-corrected chi connectivity index (χ2v) is 6.56. The number of likely N-dealkylation sites (tertiary alicyclic amines) is 2. The quantitative estimate of drug-likeness (QED) is 0.845. The normalized spacial score (nSPS) is 30.0. The van der Waals surface area contributed by atoms with Crippen molar-refractivity contribution in [3.05, 3.63) is 0 Å². The lowest BCUT2D eigenvalue weighted by Crippen LogP contribution is -2.38. The van der Waals surface area contributed by atoms with Crippen LogP contribution in [0, 0.1) is 11.8 Å². The van der Waals surface area contributed by atoms with E-state index in [1.54, 1.807) is 0 Å². The van der Waals surface area contributed by atoms with Crippen molar-refractivity contribution in [3.8, 4) is 0 Å². The summed E-state index contributed by atoms with van der Waals surface area (Å²) < 4.78 is 0. The monoisotopic (exact) mass is 315 g/mol. The molecule has 6 heteroatoms. The molecule has 0 aromatic carbocycles. The molecule has 2 atom stereocenters. The first-order chi connectivity index (χ1) is 9.69. The maximum Gasteiger partial charge on any atom is 0.228 e. The number of hydrogen-bond acceptors (Lipinski definition) is 3. The molecule has 2 saturated heterocycles. The summed E-state index contributed by atoms with van der Waals surface area (Å²) >= 11 is 0. The molecule has 120 valence electrons. The Morgan fingerprint density at radius 3 is 2.52 bits per heavy atom. The highest BCUT2D eigenvalue weighted by molar-refractivity contribution is 5.89. The van der Waals surface area contributed by atoms with Gasteiger partial charge in [-0.1, -0.05) is 12.8 Å². The predicted octanol–water partition coefficient (Wildman–Crippen LogP) is 1.01. The molecule has 0 bridgehead atoms. The number of hydrogen-bond donors (Lipinski definition) is 1. The van der Waals surface area contributed by atoms with Gasteiger partial charge in [0, 0.05) is 32.1 Å². The van der Waals surface area contributed by atoms with Crippen molar-refractivity contribution in [2.24, 2.45) is 17.6 Å². The first-order valence-corrected chi connectivity index (χ1v) is 7.97. The minimum Gasteiger partial charge on any atom is -0.342 e. The lowest BCUT2D eigenvalue weighted by Gasteiger charge is -2.25. The van der Waals surface area contributed by atoms with Crippen molar-refractivity contribution in [1.82, 2.24) is 9.80 Å². The van der Waals surface area contributed by atoms with Crippen molar-refractivity contribution in [1.29, 1.82) is 0 Å². The van der Waals surface area contributed by atoms with Gasteiger partial charge in [0.2, 0.25) is 11.8 Å². The van der Waals surface area contributed by atoms with Gasteiger partial charge in [-0.05, 0) is 31.7 Å². The Kier molecular flexibility index (Phi) is 5.49. The highest BCUT2D eigenvalue weighted by Crippen LogP contribution is 2.31. The Hall–Kier alpha value is -0.810. The zero-order valence-corrected chi connectivity index (χ0v) is 13.3. The molecule has 2 N–H and O–H groups in total. The molecule has 1 aliphatic carbocycles. The van der Waals surface area contributed by atoms with Crippen molar-refractivity contribution in [2.45, 2.75) is 44.6 Å². The van der Waals surface area contributed by atoms with Crippen LogP contribution < -0.4 is 5.73 Å². The Labute approximate surface area is 132 Å². The molecule has 0 spiro atoms. The number of nitrogens with two attached hydrogens (primary N) is 1. The average molecular weight is 316 g/mol. The fraction of sp³-hybridized carbons (Fsp3) is 0.867. The number of nitrogens with zero attached hydrogens (tertiary/aromatic N) is 2. The molecule has 0 radical (unpaired) electrons. The number of carbonyl (C=O) groups excluding carboxylic acids is 2. The van der Waals surface area contributed by atoms with Gasteiger partial charge in [0.1, 0.15) is 0 Å². The predicted molar refractivity (Wildman–Crippen MR) is 83.1 cm³/mol. The van der Waals surface area contributed by atoms with Crippen LogP contribution in [0.2, 0.25) is 0 Å². The van der Waals surface area contributed by atoms with E-state index in [0.29, 0.717) is 31.5 Å². The van der Waals surface area contributed by atoms with E-state index in [4.69, 9.17) is 5.73 Å². The van der Waals surface area contributed by atoms with Crippen LogP contribution in [0.5, 0.6) is 0 Å². The molecule has 2 heterocycles. The maximum absolute atomic E-state index is 12.5. The third-order valence-electron chi connectivity index (χ3n) is 5.20. The van der Waals surface area contributed by atoms with Crippen LogP contribution in [0.4, 0.5) is 0 Å². The number of halogens is 1. The van der Waals surface area contributed by atoms with E-state index < -0.39 is 0 Å². The molecule has 3 rings (SSSR count). The molecule has 3 fully saturated rings. The Morgan fingerprint density at radius 2 is 1.90 bits per heavy atom. The first kappa shape index (κ1) is 16.6. The minimum atomic E-state index is -0.111. The standard InChI is InChI=1S/C15H25N3O2.ClH/c16-8-11-5-6-17(9-11)15(20)12-7-14(19)18(10-12)13-3-1-2-4-13;/h11-13H,1-10,16H2;1H. The van der Waals surface area contributed by atoms with Crippen LogP contribution in [-0.2, 0) is 9.59 Å². The largest absolute Gasteiger partial charge is 0.342 e. The third kappa shape index (κ3) is 3.34. The van der Waals surface area contributed by atoms with Crippen molar-refractivity contribution in [2.75, 3.05) is 26.2 Å². The maximum atomic E-state index is 12.5. The van der Waals surface area contributed by atoms with Gasteiger partial charge >= 0.3 is 0 Å². The smallest absolute Gasteiger partial charge is 0.228 e. The molecule has 3 aliphatic rings. The zero-order chi connectivity index (χ0) is 14.1. The molecule has 0 aromatic rings. The van der Waals surface area contributed by atoms with E-state index in [1.165, 1.54) is 12.8 Å². The SMILES string of the molecule is Cl.NCC1CCN(C(=O)C2CC(=O)N(C3CCCC3)C2)C1. The molecule has 2 amide bonds. The highest BCUT2D eigenvalue weighted by Gasteiger charge is 2.41. The van der Waals surface area contributed by atoms with Gasteiger partial charge in [-0.2, -0.15) is 0 Å². The van der Waals surface area contributed by atoms with Gasteiger partial charge in [-0.25, -0.2) is 0 Å². The van der Waals surface area contributed by atoms with E-state index in [0.717, 1.165) is 32.4 Å². The summed E-state index contributed by atoms with van der Waals surface area (Å²) in [5, 5.41) is 0. The second kappa shape index (κ2) is 6.97. The Balaban J connectivity index is 0.00000161. The van der Waals surface area contributed by atoms with Crippen LogP contribution in [0.3, 0.4) is 0 Å². The van der Waals surface area contributed by atoms with Crippen LogP contribution in [-0.4, -0.2) is 53.8 Å². The lowest BCUT2D eigenvalue weighted by atomic mass is 10.1. The molecule has 21 heavy (non-hydrogen) atoms. The Morgan fingerprint density at radius 1 is 1.19 bits per heavy atom.